The molecular weight excluding hydrogens is 166 g/mol. The van der Waals surface area contributed by atoms with Gasteiger partial charge in [0.05, 0.1) is 12.5 Å². The Labute approximate surface area is 79.1 Å². The summed E-state index contributed by atoms with van der Waals surface area (Å²) in [4.78, 5) is 0. The summed E-state index contributed by atoms with van der Waals surface area (Å²) in [7, 11) is 1.72. The Morgan fingerprint density at radius 1 is 1.62 bits per heavy atom. The topological polar surface area (TPSA) is 34.4 Å². The molecule has 0 amide bonds. The van der Waals surface area contributed by atoms with E-state index in [4.69, 9.17) is 9.15 Å². The average molecular weight is 183 g/mol. The van der Waals surface area contributed by atoms with Crippen LogP contribution in [0.15, 0.2) is 23.0 Å². The zero-order valence-corrected chi connectivity index (χ0v) is 8.25. The smallest absolute Gasteiger partial charge is 0.0947 e. The van der Waals surface area contributed by atoms with Crippen molar-refractivity contribution in [2.45, 2.75) is 25.9 Å². The Kier molecular flexibility index (Phi) is 4.57. The monoisotopic (exact) mass is 183 g/mol. The lowest BCUT2D eigenvalue weighted by molar-refractivity contribution is 0.184. The van der Waals surface area contributed by atoms with Gasteiger partial charge < -0.3 is 14.5 Å². The number of rotatable bonds is 6. The highest BCUT2D eigenvalue weighted by Gasteiger charge is 2.01. The van der Waals surface area contributed by atoms with Crippen LogP contribution in [-0.2, 0) is 11.3 Å². The fourth-order valence-electron chi connectivity index (χ4n) is 1.08. The summed E-state index contributed by atoms with van der Waals surface area (Å²) < 4.78 is 9.95. The number of nitrogens with one attached hydrogen (secondary N) is 1. The molecule has 1 N–H and O–H groups in total. The van der Waals surface area contributed by atoms with Crippen LogP contribution in [0.25, 0.3) is 0 Å². The molecule has 1 unspecified atom stereocenters. The minimum Gasteiger partial charge on any atom is -0.472 e. The third-order valence-electron chi connectivity index (χ3n) is 1.99. The Balaban J connectivity index is 2.11. The van der Waals surface area contributed by atoms with E-state index < -0.39 is 0 Å². The molecule has 1 heterocycles. The molecule has 3 heteroatoms. The van der Waals surface area contributed by atoms with Gasteiger partial charge in [0, 0.05) is 31.9 Å². The van der Waals surface area contributed by atoms with E-state index in [1.807, 2.05) is 6.07 Å². The molecule has 0 aliphatic carbocycles. The van der Waals surface area contributed by atoms with Crippen molar-refractivity contribution in [3.63, 3.8) is 0 Å². The maximum Gasteiger partial charge on any atom is 0.0947 e. The first kappa shape index (κ1) is 10.3. The third-order valence-corrected chi connectivity index (χ3v) is 1.99. The first-order chi connectivity index (χ1) is 6.33. The molecule has 74 valence electrons. The molecule has 0 aliphatic rings. The van der Waals surface area contributed by atoms with Crippen LogP contribution in [0.4, 0.5) is 0 Å². The second-order valence-corrected chi connectivity index (χ2v) is 3.20. The van der Waals surface area contributed by atoms with E-state index in [1.165, 1.54) is 5.56 Å². The summed E-state index contributed by atoms with van der Waals surface area (Å²) >= 11 is 0. The largest absolute Gasteiger partial charge is 0.472 e. The lowest BCUT2D eigenvalue weighted by Crippen LogP contribution is -2.26. The normalized spacial score (nSPS) is 13.1. The molecule has 1 aromatic rings. The standard InChI is InChI=1S/C10H17NO2/c1-9(3-5-12-2)11-7-10-4-6-13-8-10/h4,6,8-9,11H,3,5,7H2,1-2H3. The van der Waals surface area contributed by atoms with Gasteiger partial charge in [0.1, 0.15) is 0 Å². The second-order valence-electron chi connectivity index (χ2n) is 3.20. The molecule has 1 rings (SSSR count). The van der Waals surface area contributed by atoms with Gasteiger partial charge in [-0.2, -0.15) is 0 Å². The Morgan fingerprint density at radius 2 is 2.46 bits per heavy atom. The van der Waals surface area contributed by atoms with Gasteiger partial charge in [-0.15, -0.1) is 0 Å². The molecule has 0 saturated carbocycles. The Morgan fingerprint density at radius 3 is 3.08 bits per heavy atom. The SMILES string of the molecule is COCCC(C)NCc1ccoc1. The fraction of sp³-hybridized carbons (Fsp3) is 0.600. The molecule has 0 bridgehead atoms. The van der Waals surface area contributed by atoms with Crippen molar-refractivity contribution in [1.29, 1.82) is 0 Å². The predicted octanol–water partition coefficient (Wildman–Crippen LogP) is 1.79. The van der Waals surface area contributed by atoms with Gasteiger partial charge >= 0.3 is 0 Å². The van der Waals surface area contributed by atoms with Gasteiger partial charge in [0.2, 0.25) is 0 Å². The second kappa shape index (κ2) is 5.78. The minimum absolute atomic E-state index is 0.481. The van der Waals surface area contributed by atoms with Gasteiger partial charge in [-0.25, -0.2) is 0 Å². The van der Waals surface area contributed by atoms with Crippen molar-refractivity contribution in [1.82, 2.24) is 5.32 Å². The summed E-state index contributed by atoms with van der Waals surface area (Å²) in [5.74, 6) is 0. The molecule has 1 atom stereocenters. The molecule has 1 aromatic heterocycles. The summed E-state index contributed by atoms with van der Waals surface area (Å²) in [5.41, 5.74) is 1.18. The van der Waals surface area contributed by atoms with E-state index in [2.05, 4.69) is 12.2 Å². The maximum absolute atomic E-state index is 4.99. The van der Waals surface area contributed by atoms with Crippen LogP contribution >= 0.6 is 0 Å². The van der Waals surface area contributed by atoms with Gasteiger partial charge in [0.15, 0.2) is 0 Å². The van der Waals surface area contributed by atoms with E-state index in [1.54, 1.807) is 19.6 Å². The van der Waals surface area contributed by atoms with Crippen LogP contribution in [-0.4, -0.2) is 19.8 Å². The number of hydrogen-bond donors (Lipinski definition) is 1. The number of methoxy groups -OCH3 is 1. The summed E-state index contributed by atoms with van der Waals surface area (Å²) in [6.07, 6.45) is 4.49. The maximum atomic E-state index is 4.99. The lowest BCUT2D eigenvalue weighted by Gasteiger charge is -2.11. The van der Waals surface area contributed by atoms with Crippen molar-refractivity contribution in [2.24, 2.45) is 0 Å². The molecule has 13 heavy (non-hydrogen) atoms. The highest BCUT2D eigenvalue weighted by atomic mass is 16.5. The zero-order valence-electron chi connectivity index (χ0n) is 8.25. The minimum atomic E-state index is 0.481. The molecule has 0 saturated heterocycles. The summed E-state index contributed by atoms with van der Waals surface area (Å²) in [6, 6.07) is 2.45. The molecule has 0 aromatic carbocycles. The van der Waals surface area contributed by atoms with Gasteiger partial charge in [0.25, 0.3) is 0 Å². The molecule has 0 spiro atoms. The molecule has 3 nitrogen and oxygen atoms in total. The zero-order chi connectivity index (χ0) is 9.52. The van der Waals surface area contributed by atoms with Crippen molar-refractivity contribution < 1.29 is 9.15 Å². The van der Waals surface area contributed by atoms with E-state index in [0.29, 0.717) is 6.04 Å². The van der Waals surface area contributed by atoms with Gasteiger partial charge in [-0.1, -0.05) is 0 Å². The van der Waals surface area contributed by atoms with Crippen LogP contribution in [0, 0.1) is 0 Å². The van der Waals surface area contributed by atoms with Crippen LogP contribution < -0.4 is 5.32 Å². The van der Waals surface area contributed by atoms with Crippen LogP contribution in [0.2, 0.25) is 0 Å². The predicted molar refractivity (Wildman–Crippen MR) is 51.5 cm³/mol. The van der Waals surface area contributed by atoms with E-state index >= 15 is 0 Å². The van der Waals surface area contributed by atoms with Crippen molar-refractivity contribution in [2.75, 3.05) is 13.7 Å². The van der Waals surface area contributed by atoms with Crippen LogP contribution in [0.5, 0.6) is 0 Å². The molecule has 0 fully saturated rings. The van der Waals surface area contributed by atoms with E-state index in [-0.39, 0.29) is 0 Å². The number of ether oxygens (including phenoxy) is 1. The Bertz CT molecular complexity index is 209. The number of hydrogen-bond acceptors (Lipinski definition) is 3. The van der Waals surface area contributed by atoms with Crippen LogP contribution in [0.1, 0.15) is 18.9 Å². The highest BCUT2D eigenvalue weighted by molar-refractivity contribution is 5.04. The summed E-state index contributed by atoms with van der Waals surface area (Å²) in [6.45, 7) is 3.82. The van der Waals surface area contributed by atoms with Gasteiger partial charge in [-0.05, 0) is 19.4 Å². The summed E-state index contributed by atoms with van der Waals surface area (Å²) in [5, 5.41) is 3.38. The lowest BCUT2D eigenvalue weighted by atomic mass is 10.2. The fourth-order valence-corrected chi connectivity index (χ4v) is 1.08. The molecule has 0 radical (unpaired) electrons. The molecular formula is C10H17NO2. The Hall–Kier alpha value is -0.800. The number of furan rings is 1. The van der Waals surface area contributed by atoms with Crippen molar-refractivity contribution in [3.05, 3.63) is 24.2 Å². The first-order valence-electron chi connectivity index (χ1n) is 4.56. The third kappa shape index (κ3) is 4.10. The van der Waals surface area contributed by atoms with E-state index in [9.17, 15) is 0 Å². The highest BCUT2D eigenvalue weighted by Crippen LogP contribution is 2.00. The first-order valence-corrected chi connectivity index (χ1v) is 4.56. The quantitative estimate of drug-likeness (QED) is 0.730. The van der Waals surface area contributed by atoms with Crippen LogP contribution in [0.3, 0.4) is 0 Å². The van der Waals surface area contributed by atoms with Gasteiger partial charge in [-0.3, -0.25) is 0 Å². The molecule has 0 aliphatic heterocycles. The van der Waals surface area contributed by atoms with Crippen molar-refractivity contribution in [3.8, 4) is 0 Å². The van der Waals surface area contributed by atoms with Crippen molar-refractivity contribution >= 4 is 0 Å². The average Bonchev–Trinajstić information content (AvgIpc) is 2.64. The van der Waals surface area contributed by atoms with E-state index in [0.717, 1.165) is 19.6 Å².